The number of amides is 3. The summed E-state index contributed by atoms with van der Waals surface area (Å²) in [4.78, 5) is 33.2. The molecule has 122 valence electrons. The number of nitrogens with one attached hydrogen (secondary N) is 1. The van der Waals surface area contributed by atoms with Crippen molar-refractivity contribution in [1.29, 1.82) is 0 Å². The smallest absolute Gasteiger partial charge is 0.317 e. The Labute approximate surface area is 131 Å². The highest BCUT2D eigenvalue weighted by molar-refractivity contribution is 6.07. The van der Waals surface area contributed by atoms with Crippen LogP contribution in [0, 0.1) is 17.8 Å². The van der Waals surface area contributed by atoms with E-state index in [0.29, 0.717) is 24.9 Å². The van der Waals surface area contributed by atoms with Gasteiger partial charge in [0.05, 0.1) is 0 Å². The lowest BCUT2D eigenvalue weighted by Gasteiger charge is -2.27. The van der Waals surface area contributed by atoms with Crippen molar-refractivity contribution in [2.45, 2.75) is 39.2 Å². The summed E-state index contributed by atoms with van der Waals surface area (Å²) in [6.45, 7) is 8.14. The molecule has 3 aliphatic rings. The minimum absolute atomic E-state index is 0.00208. The summed E-state index contributed by atoms with van der Waals surface area (Å²) in [6.07, 6.45) is 1.80. The Balaban J connectivity index is 1.72. The molecule has 0 unspecified atom stereocenters. The van der Waals surface area contributed by atoms with Crippen molar-refractivity contribution in [3.05, 3.63) is 0 Å². The predicted molar refractivity (Wildman–Crippen MR) is 84.6 cm³/mol. The third kappa shape index (κ3) is 2.20. The zero-order chi connectivity index (χ0) is 16.1. The fourth-order valence-corrected chi connectivity index (χ4v) is 4.12. The standard InChI is InChI=1S/C16H26N4O2/c1-10(2)7-17-15(22)20-8-12-5-6-16(13(12)9-20)14(21)19(4)11(3)18-16/h10,12-13H,5-9H2,1-4H3,(H,17,22)/t12-,13+,16-/m1/s1. The first kappa shape index (κ1) is 15.3. The Bertz CT molecular complexity index is 530. The first-order valence-electron chi connectivity index (χ1n) is 8.22. The first-order valence-corrected chi connectivity index (χ1v) is 8.22. The van der Waals surface area contributed by atoms with E-state index in [1.165, 1.54) is 0 Å². The fraction of sp³-hybridized carbons (Fsp3) is 0.812. The molecule has 1 saturated heterocycles. The monoisotopic (exact) mass is 306 g/mol. The Kier molecular flexibility index (Phi) is 3.65. The van der Waals surface area contributed by atoms with Crippen LogP contribution in [0.15, 0.2) is 4.99 Å². The molecule has 0 bridgehead atoms. The van der Waals surface area contributed by atoms with Gasteiger partial charge in [-0.25, -0.2) is 4.79 Å². The van der Waals surface area contributed by atoms with Gasteiger partial charge in [-0.3, -0.25) is 9.79 Å². The lowest BCUT2D eigenvalue weighted by Crippen LogP contribution is -2.46. The highest BCUT2D eigenvalue weighted by atomic mass is 16.2. The maximum atomic E-state index is 12.7. The minimum Gasteiger partial charge on any atom is -0.338 e. The Morgan fingerprint density at radius 1 is 1.45 bits per heavy atom. The average molecular weight is 306 g/mol. The summed E-state index contributed by atoms with van der Waals surface area (Å²) < 4.78 is 0. The van der Waals surface area contributed by atoms with Crippen molar-refractivity contribution in [1.82, 2.24) is 15.1 Å². The van der Waals surface area contributed by atoms with E-state index in [2.05, 4.69) is 19.2 Å². The van der Waals surface area contributed by atoms with Crippen molar-refractivity contribution in [2.24, 2.45) is 22.7 Å². The maximum Gasteiger partial charge on any atom is 0.317 e. The van der Waals surface area contributed by atoms with Gasteiger partial charge < -0.3 is 15.1 Å². The van der Waals surface area contributed by atoms with Crippen LogP contribution in [0.5, 0.6) is 0 Å². The van der Waals surface area contributed by atoms with Crippen LogP contribution in [0.2, 0.25) is 0 Å². The number of carbonyl (C=O) groups is 2. The second-order valence-corrected chi connectivity index (χ2v) is 7.34. The topological polar surface area (TPSA) is 65.0 Å². The van der Waals surface area contributed by atoms with E-state index >= 15 is 0 Å². The molecule has 1 saturated carbocycles. The predicted octanol–water partition coefficient (Wildman–Crippen LogP) is 1.32. The summed E-state index contributed by atoms with van der Waals surface area (Å²) in [5.74, 6) is 1.92. The number of hydrogen-bond donors (Lipinski definition) is 1. The molecule has 0 aromatic heterocycles. The number of nitrogens with zero attached hydrogens (tertiary/aromatic N) is 3. The maximum absolute atomic E-state index is 12.7. The molecule has 2 aliphatic heterocycles. The molecule has 0 radical (unpaired) electrons. The normalized spacial score (nSPS) is 33.9. The van der Waals surface area contributed by atoms with Gasteiger partial charge in [0.25, 0.3) is 5.91 Å². The number of carbonyl (C=O) groups excluding carboxylic acids is 2. The van der Waals surface area contributed by atoms with Crippen molar-refractivity contribution >= 4 is 17.8 Å². The van der Waals surface area contributed by atoms with Gasteiger partial charge in [0.2, 0.25) is 0 Å². The zero-order valence-electron chi connectivity index (χ0n) is 13.9. The summed E-state index contributed by atoms with van der Waals surface area (Å²) in [5, 5.41) is 2.98. The van der Waals surface area contributed by atoms with Gasteiger partial charge in [-0.2, -0.15) is 0 Å². The number of likely N-dealkylation sites (N-methyl/N-ethyl adjacent to an activating group) is 1. The largest absolute Gasteiger partial charge is 0.338 e. The van der Waals surface area contributed by atoms with Crippen LogP contribution in [-0.4, -0.2) is 59.8 Å². The lowest BCUT2D eigenvalue weighted by atomic mass is 9.85. The van der Waals surface area contributed by atoms with E-state index in [1.54, 1.807) is 11.9 Å². The van der Waals surface area contributed by atoms with Gasteiger partial charge in [0.1, 0.15) is 11.4 Å². The van der Waals surface area contributed by atoms with Crippen molar-refractivity contribution in [3.8, 4) is 0 Å². The Morgan fingerprint density at radius 2 is 2.18 bits per heavy atom. The van der Waals surface area contributed by atoms with Crippen LogP contribution >= 0.6 is 0 Å². The van der Waals surface area contributed by atoms with Gasteiger partial charge in [-0.05, 0) is 31.6 Å². The molecule has 1 N–H and O–H groups in total. The molecule has 2 fully saturated rings. The molecule has 22 heavy (non-hydrogen) atoms. The molecule has 2 heterocycles. The van der Waals surface area contributed by atoms with Crippen molar-refractivity contribution in [3.63, 3.8) is 0 Å². The molecule has 3 amide bonds. The number of rotatable bonds is 2. The molecule has 1 aliphatic carbocycles. The molecule has 6 nitrogen and oxygen atoms in total. The van der Waals surface area contributed by atoms with Gasteiger partial charge >= 0.3 is 6.03 Å². The molecular formula is C16H26N4O2. The van der Waals surface area contributed by atoms with Crippen molar-refractivity contribution in [2.75, 3.05) is 26.7 Å². The van der Waals surface area contributed by atoms with E-state index in [1.807, 2.05) is 11.8 Å². The van der Waals surface area contributed by atoms with E-state index in [-0.39, 0.29) is 17.9 Å². The Hall–Kier alpha value is -1.59. The van der Waals surface area contributed by atoms with Crippen LogP contribution in [0.3, 0.4) is 0 Å². The second-order valence-electron chi connectivity index (χ2n) is 7.34. The van der Waals surface area contributed by atoms with Crippen molar-refractivity contribution < 1.29 is 9.59 Å². The SMILES string of the molecule is CC1=N[C@@]2(CC[C@@H]3CN(C(=O)NCC(C)C)C[C@@H]32)C(=O)N1C. The number of amidine groups is 1. The molecule has 0 aromatic rings. The van der Waals surface area contributed by atoms with Gasteiger partial charge in [0.15, 0.2) is 0 Å². The van der Waals surface area contributed by atoms with Gasteiger partial charge in [-0.1, -0.05) is 13.8 Å². The number of hydrogen-bond acceptors (Lipinski definition) is 3. The van der Waals surface area contributed by atoms with Crippen LogP contribution < -0.4 is 5.32 Å². The summed E-state index contributed by atoms with van der Waals surface area (Å²) in [5.41, 5.74) is -0.601. The van der Waals surface area contributed by atoms with Crippen LogP contribution in [0.1, 0.15) is 33.6 Å². The summed E-state index contributed by atoms with van der Waals surface area (Å²) in [6, 6.07) is -0.00208. The lowest BCUT2D eigenvalue weighted by molar-refractivity contribution is -0.131. The van der Waals surface area contributed by atoms with E-state index in [4.69, 9.17) is 4.99 Å². The highest BCUT2D eigenvalue weighted by Gasteiger charge is 2.60. The zero-order valence-corrected chi connectivity index (χ0v) is 13.9. The third-order valence-electron chi connectivity index (χ3n) is 5.42. The van der Waals surface area contributed by atoms with E-state index in [0.717, 1.165) is 25.2 Å². The summed E-state index contributed by atoms with van der Waals surface area (Å²) in [7, 11) is 1.80. The highest BCUT2D eigenvalue weighted by Crippen LogP contribution is 2.49. The minimum atomic E-state index is -0.601. The first-order chi connectivity index (χ1) is 10.3. The van der Waals surface area contributed by atoms with Gasteiger partial charge in [-0.15, -0.1) is 0 Å². The summed E-state index contributed by atoms with van der Waals surface area (Å²) >= 11 is 0. The number of urea groups is 1. The quantitative estimate of drug-likeness (QED) is 0.836. The molecule has 0 aromatic carbocycles. The van der Waals surface area contributed by atoms with Crippen LogP contribution in [-0.2, 0) is 4.79 Å². The molecule has 6 heteroatoms. The molecule has 3 rings (SSSR count). The van der Waals surface area contributed by atoms with Gasteiger partial charge in [0, 0.05) is 32.6 Å². The van der Waals surface area contributed by atoms with Crippen LogP contribution in [0.25, 0.3) is 0 Å². The van der Waals surface area contributed by atoms with E-state index in [9.17, 15) is 9.59 Å². The third-order valence-corrected chi connectivity index (χ3v) is 5.42. The Morgan fingerprint density at radius 3 is 2.77 bits per heavy atom. The van der Waals surface area contributed by atoms with E-state index < -0.39 is 5.54 Å². The molecule has 3 atom stereocenters. The molecule has 1 spiro atoms. The van der Waals surface area contributed by atoms with Crippen LogP contribution in [0.4, 0.5) is 4.79 Å². The number of fused-ring (bicyclic) bond motifs is 2. The number of likely N-dealkylation sites (tertiary alicyclic amines) is 1. The average Bonchev–Trinajstić information content (AvgIpc) is 3.09. The fourth-order valence-electron chi connectivity index (χ4n) is 4.12. The molecular weight excluding hydrogens is 280 g/mol. The second kappa shape index (κ2) is 5.25. The number of aliphatic imine (C=N–C) groups is 1.